The number of likely N-dealkylation sites (tertiary alicyclic amines) is 1. The van der Waals surface area contributed by atoms with E-state index in [1.54, 1.807) is 0 Å². The second-order valence-electron chi connectivity index (χ2n) is 7.27. The first kappa shape index (κ1) is 18.2. The van der Waals surface area contributed by atoms with Gasteiger partial charge in [0.15, 0.2) is 0 Å². The van der Waals surface area contributed by atoms with Crippen LogP contribution in [0, 0.1) is 26.7 Å². The second-order valence-corrected chi connectivity index (χ2v) is 7.27. The van der Waals surface area contributed by atoms with E-state index in [9.17, 15) is 9.59 Å². The molecule has 2 amide bonds. The normalized spacial score (nSPS) is 17.0. The van der Waals surface area contributed by atoms with Gasteiger partial charge in [-0.05, 0) is 62.9 Å². The zero-order valence-electron chi connectivity index (χ0n) is 15.7. The lowest BCUT2D eigenvalue weighted by atomic mass is 9.96. The number of aryl methyl sites for hydroxylation is 3. The van der Waals surface area contributed by atoms with Crippen LogP contribution >= 0.6 is 0 Å². The van der Waals surface area contributed by atoms with E-state index in [0.29, 0.717) is 18.7 Å². The SMILES string of the molecule is Cc1cccc(C(=O)N2CCC[C@@H](C(=O)Nc3cc(C)ccc3C)C2)c1. The lowest BCUT2D eigenvalue weighted by Crippen LogP contribution is -2.43. The predicted octanol–water partition coefficient (Wildman–Crippen LogP) is 4.10. The summed E-state index contributed by atoms with van der Waals surface area (Å²) in [4.78, 5) is 27.3. The minimum Gasteiger partial charge on any atom is -0.338 e. The van der Waals surface area contributed by atoms with E-state index in [4.69, 9.17) is 0 Å². The summed E-state index contributed by atoms with van der Waals surface area (Å²) in [6, 6.07) is 13.7. The van der Waals surface area contributed by atoms with Crippen molar-refractivity contribution in [3.63, 3.8) is 0 Å². The fraction of sp³-hybridized carbons (Fsp3) is 0.364. The highest BCUT2D eigenvalue weighted by molar-refractivity contribution is 5.96. The molecule has 4 nitrogen and oxygen atoms in total. The highest BCUT2D eigenvalue weighted by atomic mass is 16.2. The molecular weight excluding hydrogens is 324 g/mol. The molecule has 0 aromatic heterocycles. The number of benzene rings is 2. The molecule has 0 aliphatic carbocycles. The standard InChI is InChI=1S/C22H26N2O2/c1-15-6-4-7-18(12-15)22(26)24-11-5-8-19(14-24)21(25)23-20-13-16(2)9-10-17(20)3/h4,6-7,9-10,12-13,19H,5,8,11,14H2,1-3H3,(H,23,25)/t19-/m1/s1. The van der Waals surface area contributed by atoms with Crippen LogP contribution in [0.5, 0.6) is 0 Å². The van der Waals surface area contributed by atoms with Gasteiger partial charge in [-0.3, -0.25) is 9.59 Å². The molecule has 1 aliphatic heterocycles. The van der Waals surface area contributed by atoms with Gasteiger partial charge in [0.05, 0.1) is 5.92 Å². The van der Waals surface area contributed by atoms with Crippen molar-refractivity contribution in [2.24, 2.45) is 5.92 Å². The van der Waals surface area contributed by atoms with Crippen LogP contribution in [-0.2, 0) is 4.79 Å². The Balaban J connectivity index is 1.68. The van der Waals surface area contributed by atoms with Crippen LogP contribution in [-0.4, -0.2) is 29.8 Å². The molecule has 136 valence electrons. The average Bonchev–Trinajstić information content (AvgIpc) is 2.64. The van der Waals surface area contributed by atoms with Gasteiger partial charge in [-0.15, -0.1) is 0 Å². The van der Waals surface area contributed by atoms with Crippen molar-refractivity contribution in [2.45, 2.75) is 33.6 Å². The van der Waals surface area contributed by atoms with Crippen LogP contribution in [0.15, 0.2) is 42.5 Å². The van der Waals surface area contributed by atoms with Crippen molar-refractivity contribution in [3.05, 3.63) is 64.7 Å². The number of carbonyl (C=O) groups is 2. The second kappa shape index (κ2) is 7.73. The summed E-state index contributed by atoms with van der Waals surface area (Å²) in [7, 11) is 0. The molecule has 26 heavy (non-hydrogen) atoms. The molecule has 1 aliphatic rings. The Bertz CT molecular complexity index is 829. The maximum atomic E-state index is 12.8. The lowest BCUT2D eigenvalue weighted by molar-refractivity contribution is -0.121. The maximum Gasteiger partial charge on any atom is 0.253 e. The van der Waals surface area contributed by atoms with Crippen molar-refractivity contribution in [1.29, 1.82) is 0 Å². The van der Waals surface area contributed by atoms with Gasteiger partial charge < -0.3 is 10.2 Å². The van der Waals surface area contributed by atoms with E-state index in [2.05, 4.69) is 5.32 Å². The first-order chi connectivity index (χ1) is 12.4. The van der Waals surface area contributed by atoms with E-state index in [1.165, 1.54) is 0 Å². The fourth-order valence-electron chi connectivity index (χ4n) is 3.44. The quantitative estimate of drug-likeness (QED) is 0.906. The van der Waals surface area contributed by atoms with Crippen molar-refractivity contribution < 1.29 is 9.59 Å². The molecule has 0 unspecified atom stereocenters. The number of carbonyl (C=O) groups excluding carboxylic acids is 2. The third-order valence-corrected chi connectivity index (χ3v) is 5.00. The highest BCUT2D eigenvalue weighted by Crippen LogP contribution is 2.22. The first-order valence-electron chi connectivity index (χ1n) is 9.18. The number of nitrogens with one attached hydrogen (secondary N) is 1. The van der Waals surface area contributed by atoms with Crippen LogP contribution in [0.4, 0.5) is 5.69 Å². The Hall–Kier alpha value is -2.62. The third kappa shape index (κ3) is 4.13. The lowest BCUT2D eigenvalue weighted by Gasteiger charge is -2.32. The highest BCUT2D eigenvalue weighted by Gasteiger charge is 2.29. The van der Waals surface area contributed by atoms with Gasteiger partial charge in [0.1, 0.15) is 0 Å². The first-order valence-corrected chi connectivity index (χ1v) is 9.18. The molecule has 0 spiro atoms. The number of rotatable bonds is 3. The summed E-state index contributed by atoms with van der Waals surface area (Å²) in [5, 5.41) is 3.05. The van der Waals surface area contributed by atoms with Gasteiger partial charge in [0, 0.05) is 24.3 Å². The van der Waals surface area contributed by atoms with E-state index < -0.39 is 0 Å². The number of anilines is 1. The van der Waals surface area contributed by atoms with E-state index in [0.717, 1.165) is 35.2 Å². The summed E-state index contributed by atoms with van der Waals surface area (Å²) >= 11 is 0. The third-order valence-electron chi connectivity index (χ3n) is 5.00. The number of nitrogens with zero attached hydrogens (tertiary/aromatic N) is 1. The predicted molar refractivity (Wildman–Crippen MR) is 104 cm³/mol. The van der Waals surface area contributed by atoms with Gasteiger partial charge in [0.2, 0.25) is 5.91 Å². The molecule has 1 N–H and O–H groups in total. The zero-order valence-corrected chi connectivity index (χ0v) is 15.7. The molecule has 1 atom stereocenters. The Kier molecular flexibility index (Phi) is 5.40. The molecule has 0 saturated carbocycles. The Morgan fingerprint density at radius 1 is 1.04 bits per heavy atom. The van der Waals surface area contributed by atoms with Gasteiger partial charge in [0.25, 0.3) is 5.91 Å². The fourth-order valence-corrected chi connectivity index (χ4v) is 3.44. The Morgan fingerprint density at radius 3 is 2.58 bits per heavy atom. The molecule has 4 heteroatoms. The zero-order chi connectivity index (χ0) is 18.7. The van der Waals surface area contributed by atoms with Gasteiger partial charge >= 0.3 is 0 Å². The average molecular weight is 350 g/mol. The molecule has 2 aromatic carbocycles. The van der Waals surface area contributed by atoms with Gasteiger partial charge in [-0.2, -0.15) is 0 Å². The van der Waals surface area contributed by atoms with Gasteiger partial charge in [-0.1, -0.05) is 29.8 Å². The van der Waals surface area contributed by atoms with E-state index in [1.807, 2.05) is 68.1 Å². The number of piperidine rings is 1. The topological polar surface area (TPSA) is 49.4 Å². The smallest absolute Gasteiger partial charge is 0.253 e. The van der Waals surface area contributed by atoms with Crippen LogP contribution in [0.25, 0.3) is 0 Å². The summed E-state index contributed by atoms with van der Waals surface area (Å²) in [6.45, 7) is 7.17. The molecular formula is C22H26N2O2. The van der Waals surface area contributed by atoms with Crippen molar-refractivity contribution in [3.8, 4) is 0 Å². The largest absolute Gasteiger partial charge is 0.338 e. The van der Waals surface area contributed by atoms with Crippen LogP contribution in [0.2, 0.25) is 0 Å². The van der Waals surface area contributed by atoms with Crippen molar-refractivity contribution >= 4 is 17.5 Å². The minimum absolute atomic E-state index is 0.000409. The Labute approximate surface area is 155 Å². The summed E-state index contributed by atoms with van der Waals surface area (Å²) < 4.78 is 0. The number of hydrogen-bond acceptors (Lipinski definition) is 2. The van der Waals surface area contributed by atoms with E-state index in [-0.39, 0.29) is 17.7 Å². The monoisotopic (exact) mass is 350 g/mol. The molecule has 3 rings (SSSR count). The number of hydrogen-bond donors (Lipinski definition) is 1. The molecule has 1 saturated heterocycles. The van der Waals surface area contributed by atoms with Crippen molar-refractivity contribution in [2.75, 3.05) is 18.4 Å². The molecule has 1 heterocycles. The van der Waals surface area contributed by atoms with Gasteiger partial charge in [-0.25, -0.2) is 0 Å². The van der Waals surface area contributed by atoms with Crippen LogP contribution in [0.1, 0.15) is 39.9 Å². The van der Waals surface area contributed by atoms with E-state index >= 15 is 0 Å². The Morgan fingerprint density at radius 2 is 1.81 bits per heavy atom. The summed E-state index contributed by atoms with van der Waals surface area (Å²) in [5.74, 6) is -0.157. The molecule has 0 bridgehead atoms. The summed E-state index contributed by atoms with van der Waals surface area (Å²) in [5.41, 5.74) is 4.79. The minimum atomic E-state index is -0.169. The molecule has 2 aromatic rings. The van der Waals surface area contributed by atoms with Crippen molar-refractivity contribution in [1.82, 2.24) is 4.90 Å². The summed E-state index contributed by atoms with van der Waals surface area (Å²) in [6.07, 6.45) is 1.66. The molecule has 1 fully saturated rings. The number of amides is 2. The molecule has 0 radical (unpaired) electrons. The van der Waals surface area contributed by atoms with Crippen LogP contribution < -0.4 is 5.32 Å². The van der Waals surface area contributed by atoms with Crippen LogP contribution in [0.3, 0.4) is 0 Å². The maximum absolute atomic E-state index is 12.8.